The second-order valence-electron chi connectivity index (χ2n) is 4.44. The van der Waals surface area contributed by atoms with Crippen LogP contribution >= 0.6 is 0 Å². The number of esters is 1. The lowest BCUT2D eigenvalue weighted by molar-refractivity contribution is -0.137. The molecular formula is C14H15NO4. The Morgan fingerprint density at radius 3 is 2.74 bits per heavy atom. The van der Waals surface area contributed by atoms with Gasteiger partial charge in [-0.3, -0.25) is 4.79 Å². The van der Waals surface area contributed by atoms with E-state index < -0.39 is 11.8 Å². The number of hydrogen-bond acceptors (Lipinski definition) is 5. The maximum Gasteiger partial charge on any atom is 0.379 e. The Balaban J connectivity index is 2.36. The summed E-state index contributed by atoms with van der Waals surface area (Å²) in [5, 5.41) is 0. The highest BCUT2D eigenvalue weighted by molar-refractivity contribution is 6.40. The zero-order chi connectivity index (χ0) is 14.0. The zero-order valence-corrected chi connectivity index (χ0v) is 11.1. The predicted octanol–water partition coefficient (Wildman–Crippen LogP) is 2.70. The second kappa shape index (κ2) is 5.22. The quantitative estimate of drug-likeness (QED) is 0.481. The van der Waals surface area contributed by atoms with Crippen molar-refractivity contribution in [2.75, 3.05) is 6.61 Å². The average Bonchev–Trinajstić information content (AvgIpc) is 2.81. The molecule has 1 heterocycles. The fourth-order valence-corrected chi connectivity index (χ4v) is 1.65. The fourth-order valence-electron chi connectivity index (χ4n) is 1.65. The van der Waals surface area contributed by atoms with E-state index in [0.717, 1.165) is 0 Å². The third-order valence-corrected chi connectivity index (χ3v) is 2.62. The Bertz CT molecular complexity index is 627. The van der Waals surface area contributed by atoms with Gasteiger partial charge in [0.2, 0.25) is 0 Å². The van der Waals surface area contributed by atoms with Crippen molar-refractivity contribution in [2.24, 2.45) is 0 Å². The normalized spacial score (nSPS) is 10.9. The van der Waals surface area contributed by atoms with Gasteiger partial charge in [-0.25, -0.2) is 9.78 Å². The third-order valence-electron chi connectivity index (χ3n) is 2.62. The molecule has 0 aliphatic heterocycles. The minimum absolute atomic E-state index is 0.164. The highest BCUT2D eigenvalue weighted by atomic mass is 16.5. The van der Waals surface area contributed by atoms with Crippen LogP contribution in [0.4, 0.5) is 0 Å². The lowest BCUT2D eigenvalue weighted by Crippen LogP contribution is -2.17. The number of fused-ring (bicyclic) bond motifs is 1. The van der Waals surface area contributed by atoms with Crippen LogP contribution < -0.4 is 0 Å². The molecule has 2 rings (SSSR count). The molecule has 0 N–H and O–H groups in total. The predicted molar refractivity (Wildman–Crippen MR) is 69.1 cm³/mol. The van der Waals surface area contributed by atoms with Gasteiger partial charge in [-0.1, -0.05) is 13.8 Å². The van der Waals surface area contributed by atoms with Crippen LogP contribution in [0.5, 0.6) is 0 Å². The van der Waals surface area contributed by atoms with Gasteiger partial charge in [-0.2, -0.15) is 0 Å². The van der Waals surface area contributed by atoms with E-state index in [0.29, 0.717) is 17.0 Å². The Morgan fingerprint density at radius 2 is 2.11 bits per heavy atom. The van der Waals surface area contributed by atoms with Crippen molar-refractivity contribution in [1.82, 2.24) is 4.98 Å². The number of ether oxygens (including phenoxy) is 1. The van der Waals surface area contributed by atoms with E-state index >= 15 is 0 Å². The van der Waals surface area contributed by atoms with Crippen molar-refractivity contribution >= 4 is 22.9 Å². The first-order valence-electron chi connectivity index (χ1n) is 6.15. The first-order chi connectivity index (χ1) is 9.02. The highest BCUT2D eigenvalue weighted by Gasteiger charge is 2.19. The molecule has 0 saturated heterocycles. The topological polar surface area (TPSA) is 69.4 Å². The molecule has 0 aliphatic carbocycles. The van der Waals surface area contributed by atoms with Crippen LogP contribution in [0.1, 0.15) is 42.9 Å². The molecule has 0 bridgehead atoms. The molecule has 100 valence electrons. The van der Waals surface area contributed by atoms with Crippen LogP contribution in [0.25, 0.3) is 11.1 Å². The summed E-state index contributed by atoms with van der Waals surface area (Å²) in [6.07, 6.45) is 0. The molecule has 0 atom stereocenters. The lowest BCUT2D eigenvalue weighted by atomic mass is 10.1. The van der Waals surface area contributed by atoms with Gasteiger partial charge in [0.25, 0.3) is 5.78 Å². The summed E-state index contributed by atoms with van der Waals surface area (Å²) >= 11 is 0. The smallest absolute Gasteiger partial charge is 0.379 e. The van der Waals surface area contributed by atoms with Crippen molar-refractivity contribution < 1.29 is 18.7 Å². The van der Waals surface area contributed by atoms with E-state index in [1.54, 1.807) is 19.1 Å². The van der Waals surface area contributed by atoms with Crippen molar-refractivity contribution in [3.8, 4) is 0 Å². The van der Waals surface area contributed by atoms with Crippen molar-refractivity contribution in [3.63, 3.8) is 0 Å². The standard InChI is InChI=1S/C14H15NO4/c1-4-18-14(17)12(16)9-5-6-11-10(7-9)15-13(19-11)8(2)3/h5-8H,4H2,1-3H3. The number of carbonyl (C=O) groups excluding carboxylic acids is 2. The SMILES string of the molecule is CCOC(=O)C(=O)c1ccc2oc(C(C)C)nc2c1. The van der Waals surface area contributed by atoms with E-state index in [1.165, 1.54) is 6.07 Å². The van der Waals surface area contributed by atoms with Gasteiger partial charge < -0.3 is 9.15 Å². The van der Waals surface area contributed by atoms with Crippen LogP contribution in [-0.4, -0.2) is 23.3 Å². The largest absolute Gasteiger partial charge is 0.460 e. The first kappa shape index (κ1) is 13.3. The summed E-state index contributed by atoms with van der Waals surface area (Å²) in [6, 6.07) is 4.72. The molecular weight excluding hydrogens is 246 g/mol. The summed E-state index contributed by atoms with van der Waals surface area (Å²) < 4.78 is 10.2. The molecule has 0 saturated carbocycles. The van der Waals surface area contributed by atoms with Crippen LogP contribution in [0.3, 0.4) is 0 Å². The number of rotatable bonds is 4. The summed E-state index contributed by atoms with van der Waals surface area (Å²) in [7, 11) is 0. The van der Waals surface area contributed by atoms with Crippen LogP contribution in [0.15, 0.2) is 22.6 Å². The van der Waals surface area contributed by atoms with E-state index in [9.17, 15) is 9.59 Å². The van der Waals surface area contributed by atoms with Gasteiger partial charge >= 0.3 is 5.97 Å². The van der Waals surface area contributed by atoms with Gasteiger partial charge in [-0.05, 0) is 25.1 Å². The lowest BCUT2D eigenvalue weighted by Gasteiger charge is -2.00. The van der Waals surface area contributed by atoms with Gasteiger partial charge in [0.05, 0.1) is 6.61 Å². The summed E-state index contributed by atoms with van der Waals surface area (Å²) in [5.74, 6) is -0.750. The van der Waals surface area contributed by atoms with E-state index in [-0.39, 0.29) is 18.1 Å². The number of aromatic nitrogens is 1. The minimum Gasteiger partial charge on any atom is -0.460 e. The average molecular weight is 261 g/mol. The second-order valence-corrected chi connectivity index (χ2v) is 4.44. The van der Waals surface area contributed by atoms with E-state index in [2.05, 4.69) is 9.72 Å². The number of carbonyl (C=O) groups is 2. The Labute approximate surface area is 110 Å². The molecule has 5 heteroatoms. The molecule has 19 heavy (non-hydrogen) atoms. The number of ketones is 1. The van der Waals surface area contributed by atoms with Gasteiger partial charge in [0.15, 0.2) is 11.5 Å². The summed E-state index contributed by atoms with van der Waals surface area (Å²) in [6.45, 7) is 5.76. The molecule has 0 aliphatic rings. The Kier molecular flexibility index (Phi) is 3.64. The maximum atomic E-state index is 11.8. The maximum absolute atomic E-state index is 11.8. The van der Waals surface area contributed by atoms with Gasteiger partial charge in [0.1, 0.15) is 5.52 Å². The Morgan fingerprint density at radius 1 is 1.37 bits per heavy atom. The van der Waals surface area contributed by atoms with Crippen LogP contribution in [-0.2, 0) is 9.53 Å². The van der Waals surface area contributed by atoms with Crippen molar-refractivity contribution in [3.05, 3.63) is 29.7 Å². The highest BCUT2D eigenvalue weighted by Crippen LogP contribution is 2.22. The molecule has 0 spiro atoms. The van der Waals surface area contributed by atoms with E-state index in [1.807, 2.05) is 13.8 Å². The molecule has 0 amide bonds. The molecule has 5 nitrogen and oxygen atoms in total. The molecule has 1 aromatic carbocycles. The van der Waals surface area contributed by atoms with Crippen molar-refractivity contribution in [2.45, 2.75) is 26.7 Å². The van der Waals surface area contributed by atoms with Crippen LogP contribution in [0, 0.1) is 0 Å². The first-order valence-corrected chi connectivity index (χ1v) is 6.15. The molecule has 2 aromatic rings. The monoisotopic (exact) mass is 261 g/mol. The number of Topliss-reactive ketones (excluding diaryl/α,β-unsaturated/α-hetero) is 1. The zero-order valence-electron chi connectivity index (χ0n) is 11.1. The van der Waals surface area contributed by atoms with E-state index in [4.69, 9.17) is 4.42 Å². The molecule has 1 aromatic heterocycles. The molecule has 0 unspecified atom stereocenters. The third kappa shape index (κ3) is 2.65. The number of nitrogens with zero attached hydrogens (tertiary/aromatic N) is 1. The van der Waals surface area contributed by atoms with Gasteiger partial charge in [0, 0.05) is 11.5 Å². The summed E-state index contributed by atoms with van der Waals surface area (Å²) in [4.78, 5) is 27.5. The molecule has 0 radical (unpaired) electrons. The Hall–Kier alpha value is -2.17. The summed E-state index contributed by atoms with van der Waals surface area (Å²) in [5.41, 5.74) is 1.43. The van der Waals surface area contributed by atoms with Crippen LogP contribution in [0.2, 0.25) is 0 Å². The number of oxazole rings is 1. The van der Waals surface area contributed by atoms with Crippen molar-refractivity contribution in [1.29, 1.82) is 0 Å². The number of benzene rings is 1. The molecule has 0 fully saturated rings. The fraction of sp³-hybridized carbons (Fsp3) is 0.357. The minimum atomic E-state index is -0.852. The number of hydrogen-bond donors (Lipinski definition) is 0. The van der Waals surface area contributed by atoms with Gasteiger partial charge in [-0.15, -0.1) is 0 Å².